The SMILES string of the molecule is CC(=O)O[C@@H]1[C@@H](OC(C)=O)[C@H](O)[C@@H](COC(c2ccccc2)(c2ccccc2)c2ccccc2)O[C@H]1O. The predicted octanol–water partition coefficient (Wildman–Crippen LogP) is 2.94. The third-order valence-corrected chi connectivity index (χ3v) is 6.25. The van der Waals surface area contributed by atoms with E-state index in [4.69, 9.17) is 18.9 Å². The van der Waals surface area contributed by atoms with Crippen LogP contribution in [0.25, 0.3) is 0 Å². The molecule has 0 bridgehead atoms. The van der Waals surface area contributed by atoms with Gasteiger partial charge in [-0.05, 0) is 16.7 Å². The second-order valence-electron chi connectivity index (χ2n) is 8.79. The first-order valence-electron chi connectivity index (χ1n) is 12.0. The molecule has 1 fully saturated rings. The molecule has 8 heteroatoms. The Bertz CT molecular complexity index is 1070. The largest absolute Gasteiger partial charge is 0.455 e. The van der Waals surface area contributed by atoms with E-state index in [1.165, 1.54) is 0 Å². The van der Waals surface area contributed by atoms with Gasteiger partial charge in [0, 0.05) is 13.8 Å². The van der Waals surface area contributed by atoms with Crippen LogP contribution in [0.1, 0.15) is 30.5 Å². The van der Waals surface area contributed by atoms with Gasteiger partial charge in [0.2, 0.25) is 0 Å². The highest BCUT2D eigenvalue weighted by molar-refractivity contribution is 5.67. The summed E-state index contributed by atoms with van der Waals surface area (Å²) >= 11 is 0. The van der Waals surface area contributed by atoms with Crippen molar-refractivity contribution in [2.24, 2.45) is 0 Å². The van der Waals surface area contributed by atoms with Gasteiger partial charge in [0.05, 0.1) is 6.61 Å². The Balaban J connectivity index is 1.73. The molecule has 0 aromatic heterocycles. The third-order valence-electron chi connectivity index (χ3n) is 6.25. The number of aliphatic hydroxyl groups is 2. The van der Waals surface area contributed by atoms with Crippen LogP contribution >= 0.6 is 0 Å². The maximum atomic E-state index is 11.7. The molecule has 1 saturated heterocycles. The number of ether oxygens (including phenoxy) is 4. The van der Waals surface area contributed by atoms with E-state index in [-0.39, 0.29) is 6.61 Å². The molecule has 194 valence electrons. The minimum absolute atomic E-state index is 0.193. The summed E-state index contributed by atoms with van der Waals surface area (Å²) in [7, 11) is 0. The fourth-order valence-corrected chi connectivity index (χ4v) is 4.66. The van der Waals surface area contributed by atoms with Crippen molar-refractivity contribution in [1.82, 2.24) is 0 Å². The second kappa shape index (κ2) is 11.7. The van der Waals surface area contributed by atoms with E-state index in [9.17, 15) is 19.8 Å². The maximum absolute atomic E-state index is 11.7. The number of carbonyl (C=O) groups excluding carboxylic acids is 2. The van der Waals surface area contributed by atoms with Crippen molar-refractivity contribution in [3.8, 4) is 0 Å². The smallest absolute Gasteiger partial charge is 0.303 e. The summed E-state index contributed by atoms with van der Waals surface area (Å²) in [5.74, 6) is -1.43. The molecule has 0 aliphatic carbocycles. The van der Waals surface area contributed by atoms with E-state index >= 15 is 0 Å². The van der Waals surface area contributed by atoms with E-state index in [2.05, 4.69) is 0 Å². The molecule has 3 aromatic rings. The van der Waals surface area contributed by atoms with E-state index < -0.39 is 48.2 Å². The minimum Gasteiger partial charge on any atom is -0.455 e. The molecular weight excluding hydrogens is 476 g/mol. The third kappa shape index (κ3) is 5.73. The van der Waals surface area contributed by atoms with E-state index in [1.54, 1.807) is 0 Å². The van der Waals surface area contributed by atoms with Gasteiger partial charge in [0.15, 0.2) is 18.5 Å². The minimum atomic E-state index is -1.65. The van der Waals surface area contributed by atoms with Crippen molar-refractivity contribution in [1.29, 1.82) is 0 Å². The molecule has 1 aliphatic rings. The van der Waals surface area contributed by atoms with Gasteiger partial charge in [-0.15, -0.1) is 0 Å². The Morgan fingerprint density at radius 3 is 1.54 bits per heavy atom. The molecule has 1 aliphatic heterocycles. The number of carbonyl (C=O) groups is 2. The molecule has 1 heterocycles. The fraction of sp³-hybridized carbons (Fsp3) is 0.310. The zero-order valence-electron chi connectivity index (χ0n) is 20.6. The molecule has 2 N–H and O–H groups in total. The molecule has 37 heavy (non-hydrogen) atoms. The Kier molecular flexibility index (Phi) is 8.35. The number of benzene rings is 3. The van der Waals surface area contributed by atoms with Crippen LogP contribution in [0.3, 0.4) is 0 Å². The molecule has 0 spiro atoms. The fourth-order valence-electron chi connectivity index (χ4n) is 4.66. The first-order valence-corrected chi connectivity index (χ1v) is 12.0. The van der Waals surface area contributed by atoms with Crippen LogP contribution in [0.4, 0.5) is 0 Å². The van der Waals surface area contributed by atoms with Crippen LogP contribution < -0.4 is 0 Å². The predicted molar refractivity (Wildman–Crippen MR) is 133 cm³/mol. The molecule has 0 amide bonds. The normalized spacial score (nSPS) is 23.7. The lowest BCUT2D eigenvalue weighted by Crippen LogP contribution is -2.61. The van der Waals surface area contributed by atoms with Crippen LogP contribution in [0.5, 0.6) is 0 Å². The van der Waals surface area contributed by atoms with Crippen LogP contribution in [0.15, 0.2) is 91.0 Å². The highest BCUT2D eigenvalue weighted by Crippen LogP contribution is 2.41. The topological polar surface area (TPSA) is 112 Å². The molecule has 0 saturated carbocycles. The average molecular weight is 507 g/mol. The van der Waals surface area contributed by atoms with E-state index in [1.807, 2.05) is 91.0 Å². The van der Waals surface area contributed by atoms with Crippen molar-refractivity contribution < 1.29 is 38.7 Å². The summed E-state index contributed by atoms with van der Waals surface area (Å²) in [6.45, 7) is 2.12. The summed E-state index contributed by atoms with van der Waals surface area (Å²) in [6.07, 6.45) is -6.95. The first-order chi connectivity index (χ1) is 17.8. The number of hydrogen-bond donors (Lipinski definition) is 2. The Morgan fingerprint density at radius 1 is 0.730 bits per heavy atom. The molecule has 0 radical (unpaired) electrons. The summed E-state index contributed by atoms with van der Waals surface area (Å²) in [4.78, 5) is 23.3. The summed E-state index contributed by atoms with van der Waals surface area (Å²) in [6, 6.07) is 28.9. The second-order valence-corrected chi connectivity index (χ2v) is 8.79. The Labute approximate surface area is 215 Å². The van der Waals surface area contributed by atoms with Crippen LogP contribution in [0.2, 0.25) is 0 Å². The lowest BCUT2D eigenvalue weighted by atomic mass is 9.80. The van der Waals surface area contributed by atoms with Gasteiger partial charge in [-0.25, -0.2) is 0 Å². The number of rotatable bonds is 8. The zero-order valence-corrected chi connectivity index (χ0v) is 20.6. The maximum Gasteiger partial charge on any atom is 0.303 e. The Morgan fingerprint density at radius 2 is 1.14 bits per heavy atom. The van der Waals surface area contributed by atoms with Crippen LogP contribution in [-0.2, 0) is 34.1 Å². The van der Waals surface area contributed by atoms with Crippen molar-refractivity contribution in [3.05, 3.63) is 108 Å². The molecule has 4 rings (SSSR count). The van der Waals surface area contributed by atoms with Crippen molar-refractivity contribution >= 4 is 11.9 Å². The van der Waals surface area contributed by atoms with Gasteiger partial charge in [-0.2, -0.15) is 0 Å². The quantitative estimate of drug-likeness (QED) is 0.354. The van der Waals surface area contributed by atoms with E-state index in [0.29, 0.717) is 0 Å². The molecule has 8 nitrogen and oxygen atoms in total. The van der Waals surface area contributed by atoms with Gasteiger partial charge in [-0.1, -0.05) is 91.0 Å². The summed E-state index contributed by atoms with van der Waals surface area (Å²) in [5, 5.41) is 21.7. The monoisotopic (exact) mass is 506 g/mol. The van der Waals surface area contributed by atoms with Gasteiger partial charge >= 0.3 is 11.9 Å². The van der Waals surface area contributed by atoms with Crippen molar-refractivity contribution in [2.45, 2.75) is 50.2 Å². The average Bonchev–Trinajstić information content (AvgIpc) is 2.90. The summed E-state index contributed by atoms with van der Waals surface area (Å²) < 4.78 is 22.6. The number of aliphatic hydroxyl groups excluding tert-OH is 2. The lowest BCUT2D eigenvalue weighted by molar-refractivity contribution is -0.297. The van der Waals surface area contributed by atoms with Crippen molar-refractivity contribution in [3.63, 3.8) is 0 Å². The van der Waals surface area contributed by atoms with Crippen molar-refractivity contribution in [2.75, 3.05) is 6.61 Å². The van der Waals surface area contributed by atoms with Gasteiger partial charge < -0.3 is 29.2 Å². The first kappa shape index (κ1) is 26.5. The highest BCUT2D eigenvalue weighted by atomic mass is 16.7. The zero-order chi connectivity index (χ0) is 26.4. The standard InChI is InChI=1S/C29H30O8/c1-19(30)35-26-25(32)24(37-28(33)27(26)36-20(2)31)18-34-29(21-12-6-3-7-13-21,22-14-8-4-9-15-22)23-16-10-5-11-17-23/h3-17,24-28,32-33H,18H2,1-2H3/t24-,25-,26+,27-,28-/m1/s1. The Hall–Kier alpha value is -3.56. The molecule has 3 aromatic carbocycles. The molecular formula is C29H30O8. The van der Waals surface area contributed by atoms with Gasteiger partial charge in [-0.3, -0.25) is 9.59 Å². The highest BCUT2D eigenvalue weighted by Gasteiger charge is 2.50. The van der Waals surface area contributed by atoms with Gasteiger partial charge in [0.1, 0.15) is 17.8 Å². The van der Waals surface area contributed by atoms with Gasteiger partial charge in [0.25, 0.3) is 0 Å². The van der Waals surface area contributed by atoms with E-state index in [0.717, 1.165) is 30.5 Å². The molecule has 5 atom stereocenters. The lowest BCUT2D eigenvalue weighted by Gasteiger charge is -2.43. The van der Waals surface area contributed by atoms with Crippen LogP contribution in [0, 0.1) is 0 Å². The number of hydrogen-bond acceptors (Lipinski definition) is 8. The van der Waals surface area contributed by atoms with Crippen LogP contribution in [-0.4, -0.2) is 59.5 Å². The summed E-state index contributed by atoms with van der Waals surface area (Å²) in [5.41, 5.74) is 1.43. The number of esters is 2. The molecule has 0 unspecified atom stereocenters.